The smallest absolute Gasteiger partial charge is 0.134 e. The van der Waals surface area contributed by atoms with Gasteiger partial charge in [0.05, 0.1) is 26.9 Å². The third kappa shape index (κ3) is 4.22. The van der Waals surface area contributed by atoms with E-state index < -0.39 is 16.6 Å². The van der Waals surface area contributed by atoms with Crippen LogP contribution >= 0.6 is 27.7 Å². The lowest BCUT2D eigenvalue weighted by Gasteiger charge is -2.10. The van der Waals surface area contributed by atoms with Crippen LogP contribution in [0.2, 0.25) is 0 Å². The van der Waals surface area contributed by atoms with E-state index in [1.807, 2.05) is 24.5 Å². The third-order valence-electron chi connectivity index (χ3n) is 3.76. The molecule has 0 aliphatic heterocycles. The van der Waals surface area contributed by atoms with Crippen LogP contribution in [-0.4, -0.2) is 16.7 Å². The van der Waals surface area contributed by atoms with E-state index in [9.17, 15) is 8.60 Å². The van der Waals surface area contributed by atoms with Crippen molar-refractivity contribution in [2.75, 3.05) is 12.5 Å². The number of furan rings is 1. The summed E-state index contributed by atoms with van der Waals surface area (Å²) >= 11 is 4.77. The lowest BCUT2D eigenvalue weighted by atomic mass is 10.1. The van der Waals surface area contributed by atoms with Gasteiger partial charge in [0.2, 0.25) is 0 Å². The molecule has 0 N–H and O–H groups in total. The van der Waals surface area contributed by atoms with Crippen LogP contribution in [0.5, 0.6) is 5.75 Å². The zero-order chi connectivity index (χ0) is 18.7. The van der Waals surface area contributed by atoms with Gasteiger partial charge in [0.1, 0.15) is 23.8 Å². The molecule has 1 atom stereocenters. The van der Waals surface area contributed by atoms with Gasteiger partial charge in [-0.25, -0.2) is 4.39 Å². The summed E-state index contributed by atoms with van der Waals surface area (Å²) in [5.74, 6) is -0.0226. The van der Waals surface area contributed by atoms with E-state index in [-0.39, 0.29) is 6.61 Å². The minimum absolute atomic E-state index is 0.234. The topological polar surface area (TPSA) is 39.4 Å². The van der Waals surface area contributed by atoms with Gasteiger partial charge in [-0.2, -0.15) is 0 Å². The first-order chi connectivity index (χ1) is 12.5. The molecule has 0 radical (unpaired) electrons. The second kappa shape index (κ2) is 8.41. The molecule has 3 aromatic rings. The Morgan fingerprint density at radius 1 is 1.38 bits per heavy atom. The van der Waals surface area contributed by atoms with Gasteiger partial charge in [-0.1, -0.05) is 22.0 Å². The Labute approximate surface area is 166 Å². The van der Waals surface area contributed by atoms with Crippen LogP contribution in [-0.2, 0) is 17.4 Å². The van der Waals surface area contributed by atoms with Crippen LogP contribution in [0.1, 0.15) is 11.1 Å². The molecule has 0 fully saturated rings. The molecule has 136 valence electrons. The Kier molecular flexibility index (Phi) is 6.21. The summed E-state index contributed by atoms with van der Waals surface area (Å²) in [6, 6.07) is 10.4. The van der Waals surface area contributed by atoms with E-state index in [0.29, 0.717) is 15.6 Å². The van der Waals surface area contributed by atoms with E-state index in [1.54, 1.807) is 30.7 Å². The van der Waals surface area contributed by atoms with Crippen LogP contribution in [0.3, 0.4) is 0 Å². The fraction of sp³-hybridized carbons (Fsp3) is 0.158. The molecular formula is C19H16BrFO3S2. The Bertz CT molecular complexity index is 998. The second-order valence-corrected chi connectivity index (χ2v) is 8.83. The van der Waals surface area contributed by atoms with Gasteiger partial charge in [0.15, 0.2) is 0 Å². The summed E-state index contributed by atoms with van der Waals surface area (Å²) in [7, 11) is -1.19. The van der Waals surface area contributed by atoms with E-state index in [0.717, 1.165) is 21.0 Å². The number of thioether (sulfide) groups is 1. The van der Waals surface area contributed by atoms with Crippen molar-refractivity contribution in [3.05, 3.63) is 68.3 Å². The highest BCUT2D eigenvalue weighted by atomic mass is 79.9. The molecule has 7 heteroatoms. The van der Waals surface area contributed by atoms with Crippen molar-refractivity contribution in [2.24, 2.45) is 0 Å². The summed E-state index contributed by atoms with van der Waals surface area (Å²) in [5.41, 5.74) is 1.92. The summed E-state index contributed by atoms with van der Waals surface area (Å²) < 4.78 is 39.0. The van der Waals surface area contributed by atoms with Crippen LogP contribution in [0.4, 0.5) is 4.39 Å². The SMILES string of the molecule is CSC(=Cc1c(F)cccc1OCc1coc2ccc(Br)cc12)S(C)=O. The maximum absolute atomic E-state index is 14.3. The van der Waals surface area contributed by atoms with E-state index in [4.69, 9.17) is 9.15 Å². The van der Waals surface area contributed by atoms with E-state index >= 15 is 0 Å². The zero-order valence-corrected chi connectivity index (χ0v) is 17.3. The summed E-state index contributed by atoms with van der Waals surface area (Å²) in [6.45, 7) is 0.234. The Morgan fingerprint density at radius 2 is 2.19 bits per heavy atom. The highest BCUT2D eigenvalue weighted by molar-refractivity contribution is 9.10. The van der Waals surface area contributed by atoms with Gasteiger partial charge in [0, 0.05) is 21.7 Å². The zero-order valence-electron chi connectivity index (χ0n) is 14.1. The third-order valence-corrected chi connectivity index (χ3v) is 6.66. The lowest BCUT2D eigenvalue weighted by Crippen LogP contribution is -1.99. The van der Waals surface area contributed by atoms with Crippen molar-refractivity contribution in [1.82, 2.24) is 0 Å². The highest BCUT2D eigenvalue weighted by Crippen LogP contribution is 2.30. The highest BCUT2D eigenvalue weighted by Gasteiger charge is 2.12. The first-order valence-electron chi connectivity index (χ1n) is 7.65. The number of hydrogen-bond acceptors (Lipinski definition) is 4. The van der Waals surface area contributed by atoms with Gasteiger partial charge in [-0.15, -0.1) is 11.8 Å². The van der Waals surface area contributed by atoms with E-state index in [2.05, 4.69) is 15.9 Å². The van der Waals surface area contributed by atoms with Crippen molar-refractivity contribution in [2.45, 2.75) is 6.61 Å². The van der Waals surface area contributed by atoms with Crippen LogP contribution < -0.4 is 4.74 Å². The fourth-order valence-corrected chi connectivity index (χ4v) is 4.30. The Morgan fingerprint density at radius 3 is 2.92 bits per heavy atom. The van der Waals surface area contributed by atoms with Gasteiger partial charge >= 0.3 is 0 Å². The number of benzene rings is 2. The molecule has 3 nitrogen and oxygen atoms in total. The van der Waals surface area contributed by atoms with Crippen molar-refractivity contribution >= 4 is 55.5 Å². The number of halogens is 2. The maximum Gasteiger partial charge on any atom is 0.134 e. The van der Waals surface area contributed by atoms with Gasteiger partial charge in [-0.3, -0.25) is 4.21 Å². The largest absolute Gasteiger partial charge is 0.488 e. The van der Waals surface area contributed by atoms with Crippen LogP contribution in [0, 0.1) is 5.82 Å². The average Bonchev–Trinajstić information content (AvgIpc) is 3.01. The van der Waals surface area contributed by atoms with Crippen LogP contribution in [0.15, 0.2) is 55.8 Å². The predicted octanol–water partition coefficient (Wildman–Crippen LogP) is 5.95. The van der Waals surface area contributed by atoms with Crippen LogP contribution in [0.25, 0.3) is 17.0 Å². The van der Waals surface area contributed by atoms with Crippen molar-refractivity contribution in [1.29, 1.82) is 0 Å². The molecule has 1 aromatic heterocycles. The average molecular weight is 455 g/mol. The minimum Gasteiger partial charge on any atom is -0.488 e. The normalized spacial score (nSPS) is 13.2. The molecular weight excluding hydrogens is 439 g/mol. The number of fused-ring (bicyclic) bond motifs is 1. The molecule has 1 heterocycles. The number of ether oxygens (including phenoxy) is 1. The summed E-state index contributed by atoms with van der Waals surface area (Å²) in [6.07, 6.45) is 6.60. The first kappa shape index (κ1) is 19.2. The Hall–Kier alpha value is -1.57. The molecule has 0 amide bonds. The standard InChI is InChI=1S/C19H16BrFO3S2/c1-25-19(26(2)22)9-15-16(21)4-3-5-17(15)23-10-12-11-24-18-7-6-13(20)8-14(12)18/h3-9,11H,10H2,1-2H3. The van der Waals surface area contributed by atoms with Gasteiger partial charge in [0.25, 0.3) is 0 Å². The molecule has 1 unspecified atom stereocenters. The molecule has 0 saturated carbocycles. The summed E-state index contributed by atoms with van der Waals surface area (Å²) in [4.78, 5) is 0. The second-order valence-electron chi connectivity index (χ2n) is 5.46. The molecule has 3 rings (SSSR count). The first-order valence-corrected chi connectivity index (χ1v) is 11.2. The number of hydrogen-bond donors (Lipinski definition) is 0. The monoisotopic (exact) mass is 454 g/mol. The van der Waals surface area contributed by atoms with Crippen molar-refractivity contribution in [3.63, 3.8) is 0 Å². The molecule has 26 heavy (non-hydrogen) atoms. The quantitative estimate of drug-likeness (QED) is 0.460. The van der Waals surface area contributed by atoms with E-state index in [1.165, 1.54) is 17.8 Å². The fourth-order valence-electron chi connectivity index (χ4n) is 2.48. The molecule has 0 saturated heterocycles. The molecule has 0 aliphatic rings. The van der Waals surface area contributed by atoms with Gasteiger partial charge < -0.3 is 9.15 Å². The molecule has 0 bridgehead atoms. The summed E-state index contributed by atoms with van der Waals surface area (Å²) in [5, 5.41) is 0.937. The minimum atomic E-state index is -1.19. The van der Waals surface area contributed by atoms with Crippen molar-refractivity contribution in [3.8, 4) is 5.75 Å². The lowest BCUT2D eigenvalue weighted by molar-refractivity contribution is 0.303. The molecule has 2 aromatic carbocycles. The predicted molar refractivity (Wildman–Crippen MR) is 110 cm³/mol. The Balaban J connectivity index is 1.91. The molecule has 0 aliphatic carbocycles. The number of rotatable bonds is 6. The molecule has 0 spiro atoms. The maximum atomic E-state index is 14.3. The van der Waals surface area contributed by atoms with Gasteiger partial charge in [-0.05, 0) is 42.7 Å². The van der Waals surface area contributed by atoms with Crippen molar-refractivity contribution < 1.29 is 17.8 Å².